The van der Waals surface area contributed by atoms with Crippen LogP contribution in [0.3, 0.4) is 0 Å². The van der Waals surface area contributed by atoms with Gasteiger partial charge in [-0.05, 0) is 53.6 Å². The molecule has 0 saturated heterocycles. The van der Waals surface area contributed by atoms with E-state index in [0.717, 1.165) is 16.9 Å². The zero-order valence-corrected chi connectivity index (χ0v) is 16.5. The predicted molar refractivity (Wildman–Crippen MR) is 118 cm³/mol. The van der Waals surface area contributed by atoms with Gasteiger partial charge in [0.2, 0.25) is 0 Å². The summed E-state index contributed by atoms with van der Waals surface area (Å²) in [7, 11) is 0. The van der Waals surface area contributed by atoms with E-state index >= 15 is 0 Å². The van der Waals surface area contributed by atoms with E-state index in [1.54, 1.807) is 24.3 Å². The summed E-state index contributed by atoms with van der Waals surface area (Å²) >= 11 is 0. The maximum Gasteiger partial charge on any atom is 0.289 e. The number of H-pyrrole nitrogens is 1. The molecule has 3 aromatic carbocycles. The van der Waals surface area contributed by atoms with Crippen molar-refractivity contribution in [3.05, 3.63) is 102 Å². The monoisotopic (exact) mass is 412 g/mol. The van der Waals surface area contributed by atoms with E-state index < -0.39 is 5.91 Å². The van der Waals surface area contributed by atoms with Crippen LogP contribution in [-0.2, 0) is 6.61 Å². The fraction of sp³-hybridized carbons (Fsp3) is 0.0417. The Morgan fingerprint density at radius 1 is 1.03 bits per heavy atom. The van der Waals surface area contributed by atoms with Gasteiger partial charge in [-0.25, -0.2) is 5.43 Å². The van der Waals surface area contributed by atoms with Gasteiger partial charge < -0.3 is 9.84 Å². The number of carbonyl (C=O) groups is 1. The molecule has 1 aromatic heterocycles. The van der Waals surface area contributed by atoms with Gasteiger partial charge in [-0.3, -0.25) is 9.89 Å². The van der Waals surface area contributed by atoms with Crippen LogP contribution in [0.5, 0.6) is 11.5 Å². The highest BCUT2D eigenvalue weighted by Gasteiger charge is 2.10. The number of hydrogen-bond donors (Lipinski definition) is 3. The van der Waals surface area contributed by atoms with E-state index in [4.69, 9.17) is 4.74 Å². The predicted octanol–water partition coefficient (Wildman–Crippen LogP) is 4.13. The molecule has 0 unspecified atom stereocenters. The molecule has 7 nitrogen and oxygen atoms in total. The molecular formula is C24H20N4O3. The first-order valence-electron chi connectivity index (χ1n) is 9.62. The van der Waals surface area contributed by atoms with Crippen LogP contribution >= 0.6 is 0 Å². The number of nitrogens with one attached hydrogen (secondary N) is 2. The Morgan fingerprint density at radius 2 is 1.84 bits per heavy atom. The number of benzene rings is 3. The Hall–Kier alpha value is -4.39. The van der Waals surface area contributed by atoms with E-state index in [1.807, 2.05) is 54.6 Å². The molecule has 1 heterocycles. The van der Waals surface area contributed by atoms with Crippen molar-refractivity contribution in [3.8, 4) is 22.8 Å². The lowest BCUT2D eigenvalue weighted by Crippen LogP contribution is -2.17. The number of nitrogens with zero attached hydrogens (tertiary/aromatic N) is 2. The highest BCUT2D eigenvalue weighted by molar-refractivity contribution is 5.94. The summed E-state index contributed by atoms with van der Waals surface area (Å²) in [4.78, 5) is 12.3. The molecule has 154 valence electrons. The molecule has 0 aliphatic carbocycles. The van der Waals surface area contributed by atoms with Gasteiger partial charge >= 0.3 is 0 Å². The number of aromatic nitrogens is 2. The number of carbonyl (C=O) groups excluding carboxylic acids is 1. The minimum Gasteiger partial charge on any atom is -0.508 e. The maximum absolute atomic E-state index is 12.3. The first kappa shape index (κ1) is 19.9. The van der Waals surface area contributed by atoms with Crippen molar-refractivity contribution < 1.29 is 14.6 Å². The second kappa shape index (κ2) is 9.41. The Morgan fingerprint density at radius 3 is 2.61 bits per heavy atom. The zero-order valence-electron chi connectivity index (χ0n) is 16.5. The van der Waals surface area contributed by atoms with E-state index in [9.17, 15) is 9.90 Å². The Bertz CT molecular complexity index is 1180. The van der Waals surface area contributed by atoms with Crippen molar-refractivity contribution in [3.63, 3.8) is 0 Å². The highest BCUT2D eigenvalue weighted by atomic mass is 16.5. The Labute approximate surface area is 179 Å². The maximum atomic E-state index is 12.3. The normalized spacial score (nSPS) is 10.8. The lowest BCUT2D eigenvalue weighted by atomic mass is 10.1. The summed E-state index contributed by atoms with van der Waals surface area (Å²) in [6, 6.07) is 25.7. The summed E-state index contributed by atoms with van der Waals surface area (Å²) in [5.74, 6) is 0.463. The molecule has 0 saturated carbocycles. The molecule has 7 heteroatoms. The van der Waals surface area contributed by atoms with Gasteiger partial charge in [0.25, 0.3) is 5.91 Å². The quantitative estimate of drug-likeness (QED) is 0.314. The number of ether oxygens (including phenoxy) is 1. The second-order valence-corrected chi connectivity index (χ2v) is 6.76. The van der Waals surface area contributed by atoms with Crippen molar-refractivity contribution in [2.75, 3.05) is 0 Å². The number of phenolic OH excluding ortho intramolecular Hbond substituents is 1. The molecule has 0 bridgehead atoms. The minimum atomic E-state index is -0.419. The summed E-state index contributed by atoms with van der Waals surface area (Å²) in [5.41, 5.74) is 5.97. The lowest BCUT2D eigenvalue weighted by Gasteiger charge is -2.06. The standard InChI is InChI=1S/C24H20N4O3/c29-20-8-4-7-18(13-20)15-25-28-24(30)23-14-22(26-27-23)19-9-11-21(12-10-19)31-16-17-5-2-1-3-6-17/h1-15,29H,16H2,(H,26,27)(H,28,30)/b25-15+. The van der Waals surface area contributed by atoms with Gasteiger partial charge in [0.05, 0.1) is 11.9 Å². The largest absolute Gasteiger partial charge is 0.508 e. The van der Waals surface area contributed by atoms with E-state index in [0.29, 0.717) is 17.9 Å². The van der Waals surface area contributed by atoms with Crippen molar-refractivity contribution in [2.45, 2.75) is 6.61 Å². The number of aromatic hydroxyl groups is 1. The third kappa shape index (κ3) is 5.36. The smallest absolute Gasteiger partial charge is 0.289 e. The minimum absolute atomic E-state index is 0.130. The van der Waals surface area contributed by atoms with Crippen LogP contribution in [0, 0.1) is 0 Å². The van der Waals surface area contributed by atoms with Gasteiger partial charge in [-0.2, -0.15) is 10.2 Å². The van der Waals surface area contributed by atoms with Crippen LogP contribution in [0.4, 0.5) is 0 Å². The Kier molecular flexibility index (Phi) is 6.04. The molecule has 31 heavy (non-hydrogen) atoms. The highest BCUT2D eigenvalue weighted by Crippen LogP contribution is 2.22. The number of phenols is 1. The number of hydrazone groups is 1. The molecule has 1 amide bonds. The molecule has 0 aliphatic heterocycles. The number of amides is 1. The van der Waals surface area contributed by atoms with Gasteiger partial charge in [0.15, 0.2) is 0 Å². The van der Waals surface area contributed by atoms with E-state index in [-0.39, 0.29) is 11.4 Å². The third-order valence-corrected chi connectivity index (χ3v) is 4.47. The van der Waals surface area contributed by atoms with Crippen molar-refractivity contribution >= 4 is 12.1 Å². The molecule has 0 aliphatic rings. The van der Waals surface area contributed by atoms with Crippen molar-refractivity contribution in [1.29, 1.82) is 0 Å². The molecular weight excluding hydrogens is 392 g/mol. The number of aromatic amines is 1. The Balaban J connectivity index is 1.35. The number of hydrogen-bond acceptors (Lipinski definition) is 5. The van der Waals surface area contributed by atoms with E-state index in [2.05, 4.69) is 20.7 Å². The van der Waals surface area contributed by atoms with Crippen LogP contribution in [0.25, 0.3) is 11.3 Å². The fourth-order valence-corrected chi connectivity index (χ4v) is 2.88. The van der Waals surface area contributed by atoms with Gasteiger partial charge in [0, 0.05) is 5.56 Å². The fourth-order valence-electron chi connectivity index (χ4n) is 2.88. The van der Waals surface area contributed by atoms with Crippen molar-refractivity contribution in [1.82, 2.24) is 15.6 Å². The third-order valence-electron chi connectivity index (χ3n) is 4.47. The van der Waals surface area contributed by atoms with Gasteiger partial charge in [0.1, 0.15) is 23.8 Å². The summed E-state index contributed by atoms with van der Waals surface area (Å²) in [6.07, 6.45) is 1.45. The van der Waals surface area contributed by atoms with Gasteiger partial charge in [-0.15, -0.1) is 0 Å². The van der Waals surface area contributed by atoms with E-state index in [1.165, 1.54) is 12.3 Å². The molecule has 0 radical (unpaired) electrons. The average molecular weight is 412 g/mol. The molecule has 4 rings (SSSR count). The molecule has 3 N–H and O–H groups in total. The molecule has 4 aromatic rings. The van der Waals surface area contributed by atoms with Crippen molar-refractivity contribution in [2.24, 2.45) is 5.10 Å². The lowest BCUT2D eigenvalue weighted by molar-refractivity contribution is 0.0950. The van der Waals surface area contributed by atoms with Crippen LogP contribution in [0.15, 0.2) is 90.0 Å². The summed E-state index contributed by atoms with van der Waals surface area (Å²) in [5, 5.41) is 20.3. The van der Waals surface area contributed by atoms with Crippen LogP contribution in [0.1, 0.15) is 21.6 Å². The average Bonchev–Trinajstić information content (AvgIpc) is 3.29. The first-order chi connectivity index (χ1) is 15.2. The summed E-state index contributed by atoms with van der Waals surface area (Å²) in [6.45, 7) is 0.496. The van der Waals surface area contributed by atoms with Crippen LogP contribution in [-0.4, -0.2) is 27.4 Å². The molecule has 0 fully saturated rings. The second-order valence-electron chi connectivity index (χ2n) is 6.76. The SMILES string of the molecule is O=C(N/N=C/c1cccc(O)c1)c1cc(-c2ccc(OCc3ccccc3)cc2)n[nH]1. The number of rotatable bonds is 7. The zero-order chi connectivity index (χ0) is 21.5. The first-order valence-corrected chi connectivity index (χ1v) is 9.62. The topological polar surface area (TPSA) is 99.6 Å². The van der Waals surface area contributed by atoms with Crippen LogP contribution < -0.4 is 10.2 Å². The van der Waals surface area contributed by atoms with Gasteiger partial charge in [-0.1, -0.05) is 42.5 Å². The molecule has 0 spiro atoms. The van der Waals surface area contributed by atoms with Crippen LogP contribution in [0.2, 0.25) is 0 Å². The summed E-state index contributed by atoms with van der Waals surface area (Å²) < 4.78 is 5.79. The molecule has 0 atom stereocenters.